The van der Waals surface area contributed by atoms with Gasteiger partial charge in [-0.2, -0.15) is 13.5 Å². The van der Waals surface area contributed by atoms with Crippen LogP contribution in [0.3, 0.4) is 0 Å². The third-order valence-corrected chi connectivity index (χ3v) is 5.86. The van der Waals surface area contributed by atoms with E-state index in [0.717, 1.165) is 24.3 Å². The van der Waals surface area contributed by atoms with Gasteiger partial charge in [0, 0.05) is 23.8 Å². The third-order valence-electron chi connectivity index (χ3n) is 4.37. The second kappa shape index (κ2) is 9.58. The molecule has 3 aromatic carbocycles. The Morgan fingerprint density at radius 3 is 2.24 bits per heavy atom. The maximum Gasteiger partial charge on any atom is 0.276 e. The van der Waals surface area contributed by atoms with Crippen LogP contribution in [-0.4, -0.2) is 21.2 Å². The highest BCUT2D eigenvalue weighted by molar-refractivity contribution is 7.89. The molecule has 0 aliphatic rings. The van der Waals surface area contributed by atoms with Gasteiger partial charge in [-0.1, -0.05) is 54.1 Å². The van der Waals surface area contributed by atoms with E-state index >= 15 is 0 Å². The zero-order chi connectivity index (χ0) is 20.7. The molecule has 3 aromatic rings. The first-order valence-electron chi connectivity index (χ1n) is 9.17. The van der Waals surface area contributed by atoms with Gasteiger partial charge in [0.25, 0.3) is 10.0 Å². The van der Waals surface area contributed by atoms with Gasteiger partial charge in [-0.15, -0.1) is 0 Å². The van der Waals surface area contributed by atoms with Crippen molar-refractivity contribution in [1.29, 1.82) is 0 Å². The van der Waals surface area contributed by atoms with Gasteiger partial charge < -0.3 is 4.90 Å². The molecule has 0 bridgehead atoms. The number of sulfonamides is 1. The van der Waals surface area contributed by atoms with Crippen LogP contribution in [0.2, 0.25) is 5.02 Å². The van der Waals surface area contributed by atoms with E-state index in [-0.39, 0.29) is 4.90 Å². The Bertz CT molecular complexity index is 1050. The molecule has 0 aliphatic carbocycles. The molecule has 0 atom stereocenters. The second-order valence-corrected chi connectivity index (χ2v) is 8.50. The van der Waals surface area contributed by atoms with Crippen molar-refractivity contribution in [3.05, 3.63) is 95.0 Å². The maximum absolute atomic E-state index is 12.2. The largest absolute Gasteiger partial charge is 0.367 e. The highest BCUT2D eigenvalue weighted by atomic mass is 35.5. The van der Waals surface area contributed by atoms with Gasteiger partial charge in [-0.25, -0.2) is 4.83 Å². The molecule has 1 N–H and O–H groups in total. The first-order chi connectivity index (χ1) is 14.0. The molecule has 0 heterocycles. The molecule has 0 fully saturated rings. The van der Waals surface area contributed by atoms with Crippen molar-refractivity contribution >= 4 is 33.5 Å². The van der Waals surface area contributed by atoms with Gasteiger partial charge in [0.05, 0.1) is 11.1 Å². The molecule has 3 rings (SSSR count). The average molecular weight is 428 g/mol. The Morgan fingerprint density at radius 2 is 1.62 bits per heavy atom. The van der Waals surface area contributed by atoms with Crippen LogP contribution in [0.4, 0.5) is 5.69 Å². The van der Waals surface area contributed by atoms with E-state index in [4.69, 9.17) is 11.6 Å². The highest BCUT2D eigenvalue weighted by Crippen LogP contribution is 2.18. The maximum atomic E-state index is 12.2. The summed E-state index contributed by atoms with van der Waals surface area (Å²) in [5.41, 5.74) is 3.13. The summed E-state index contributed by atoms with van der Waals surface area (Å²) in [6.07, 6.45) is 1.48. The highest BCUT2D eigenvalue weighted by Gasteiger charge is 2.12. The molecular formula is C22H22ClN3O2S. The van der Waals surface area contributed by atoms with Crippen molar-refractivity contribution < 1.29 is 8.42 Å². The van der Waals surface area contributed by atoms with Crippen LogP contribution in [0.5, 0.6) is 0 Å². The lowest BCUT2D eigenvalue weighted by Gasteiger charge is -2.23. The Balaban J connectivity index is 1.64. The SMILES string of the molecule is CCN(Cc1ccccc1)c1ccc(/C=N/NS(=O)(=O)c2ccc(Cl)cc2)cc1. The molecule has 0 aliphatic heterocycles. The molecule has 0 aromatic heterocycles. The Morgan fingerprint density at radius 1 is 0.966 bits per heavy atom. The lowest BCUT2D eigenvalue weighted by Crippen LogP contribution is -2.21. The molecule has 0 saturated carbocycles. The first kappa shape index (κ1) is 20.9. The van der Waals surface area contributed by atoms with E-state index in [1.165, 1.54) is 36.0 Å². The smallest absolute Gasteiger partial charge is 0.276 e. The van der Waals surface area contributed by atoms with E-state index in [9.17, 15) is 8.42 Å². The first-order valence-corrected chi connectivity index (χ1v) is 11.0. The number of hydrazone groups is 1. The molecule has 7 heteroatoms. The van der Waals surface area contributed by atoms with Gasteiger partial charge >= 0.3 is 0 Å². The van der Waals surface area contributed by atoms with Crippen LogP contribution in [0.15, 0.2) is 88.9 Å². The monoisotopic (exact) mass is 427 g/mol. The zero-order valence-corrected chi connectivity index (χ0v) is 17.6. The molecular weight excluding hydrogens is 406 g/mol. The van der Waals surface area contributed by atoms with Gasteiger partial charge in [0.1, 0.15) is 0 Å². The zero-order valence-electron chi connectivity index (χ0n) is 16.0. The Hall–Kier alpha value is -2.83. The number of hydrogen-bond acceptors (Lipinski definition) is 4. The van der Waals surface area contributed by atoms with Crippen molar-refractivity contribution in [3.8, 4) is 0 Å². The summed E-state index contributed by atoms with van der Waals surface area (Å²) in [6.45, 7) is 3.82. The van der Waals surface area contributed by atoms with E-state index in [1.807, 2.05) is 42.5 Å². The summed E-state index contributed by atoms with van der Waals surface area (Å²) in [5, 5.41) is 4.34. The van der Waals surface area contributed by atoms with E-state index in [0.29, 0.717) is 5.02 Å². The summed E-state index contributed by atoms with van der Waals surface area (Å²) < 4.78 is 24.4. The summed E-state index contributed by atoms with van der Waals surface area (Å²) >= 11 is 5.79. The van der Waals surface area contributed by atoms with Gasteiger partial charge in [0.15, 0.2) is 0 Å². The molecule has 5 nitrogen and oxygen atoms in total. The molecule has 0 radical (unpaired) electrons. The van der Waals surface area contributed by atoms with Crippen molar-refractivity contribution in [3.63, 3.8) is 0 Å². The minimum absolute atomic E-state index is 0.105. The molecule has 0 unspecified atom stereocenters. The number of benzene rings is 3. The van der Waals surface area contributed by atoms with Gasteiger partial charge in [-0.05, 0) is 54.4 Å². The second-order valence-electron chi connectivity index (χ2n) is 6.40. The third kappa shape index (κ3) is 5.82. The average Bonchev–Trinajstić information content (AvgIpc) is 2.73. The van der Waals surface area contributed by atoms with Crippen LogP contribution >= 0.6 is 11.6 Å². The van der Waals surface area contributed by atoms with Gasteiger partial charge in [-0.3, -0.25) is 0 Å². The van der Waals surface area contributed by atoms with Crippen molar-refractivity contribution in [1.82, 2.24) is 4.83 Å². The molecule has 0 saturated heterocycles. The van der Waals surface area contributed by atoms with E-state index < -0.39 is 10.0 Å². The number of hydrogen-bond donors (Lipinski definition) is 1. The van der Waals surface area contributed by atoms with E-state index in [1.54, 1.807) is 0 Å². The van der Waals surface area contributed by atoms with Crippen LogP contribution in [-0.2, 0) is 16.6 Å². The fourth-order valence-electron chi connectivity index (χ4n) is 2.80. The Kier molecular flexibility index (Phi) is 6.90. The van der Waals surface area contributed by atoms with Crippen molar-refractivity contribution in [2.75, 3.05) is 11.4 Å². The fourth-order valence-corrected chi connectivity index (χ4v) is 3.71. The predicted octanol–water partition coefficient (Wildman–Crippen LogP) is 4.68. The van der Waals surface area contributed by atoms with Crippen molar-refractivity contribution in [2.45, 2.75) is 18.4 Å². The summed E-state index contributed by atoms with van der Waals surface area (Å²) in [5.74, 6) is 0. The fraction of sp³-hybridized carbons (Fsp3) is 0.136. The van der Waals surface area contributed by atoms with Crippen LogP contribution in [0, 0.1) is 0 Å². The van der Waals surface area contributed by atoms with Crippen LogP contribution in [0.25, 0.3) is 0 Å². The standard InChI is InChI=1S/C22H22ClN3O2S/c1-2-26(17-19-6-4-3-5-7-19)21-12-8-18(9-13-21)16-24-25-29(27,28)22-14-10-20(23)11-15-22/h3-16,25H,2,17H2,1H3/b24-16+. The normalized spacial score (nSPS) is 11.5. The quantitative estimate of drug-likeness (QED) is 0.419. The number of nitrogens with one attached hydrogen (secondary N) is 1. The molecule has 29 heavy (non-hydrogen) atoms. The van der Waals surface area contributed by atoms with Crippen LogP contribution < -0.4 is 9.73 Å². The number of nitrogens with zero attached hydrogens (tertiary/aromatic N) is 2. The molecule has 0 amide bonds. The molecule has 150 valence electrons. The van der Waals surface area contributed by atoms with Crippen molar-refractivity contribution in [2.24, 2.45) is 5.10 Å². The number of halogens is 1. The van der Waals surface area contributed by atoms with Crippen LogP contribution in [0.1, 0.15) is 18.1 Å². The lowest BCUT2D eigenvalue weighted by molar-refractivity contribution is 0.584. The summed E-state index contributed by atoms with van der Waals surface area (Å²) in [7, 11) is -3.72. The van der Waals surface area contributed by atoms with Gasteiger partial charge in [0.2, 0.25) is 0 Å². The summed E-state index contributed by atoms with van der Waals surface area (Å²) in [4.78, 5) is 4.58. The number of anilines is 1. The minimum atomic E-state index is -3.72. The summed E-state index contributed by atoms with van der Waals surface area (Å²) in [6, 6.07) is 24.0. The predicted molar refractivity (Wildman–Crippen MR) is 119 cm³/mol. The topological polar surface area (TPSA) is 61.8 Å². The minimum Gasteiger partial charge on any atom is -0.367 e. The van der Waals surface area contributed by atoms with E-state index in [2.05, 4.69) is 33.9 Å². The number of rotatable bonds is 8. The Labute approximate surface area is 176 Å². The molecule has 0 spiro atoms. The lowest BCUT2D eigenvalue weighted by atomic mass is 10.1.